The van der Waals surface area contributed by atoms with Crippen LogP contribution >= 0.6 is 23.8 Å². The largest absolute Gasteiger partial charge is 0.328 e. The SMILES string of the molecule is S=C1N=C(Cl)C(=Cc2ccccc2)N1. The first-order valence-electron chi connectivity index (χ1n) is 4.08. The Bertz CT molecular complexity index is 423. The Balaban J connectivity index is 2.29. The van der Waals surface area contributed by atoms with E-state index < -0.39 is 0 Å². The van der Waals surface area contributed by atoms with Crippen molar-refractivity contribution in [3.05, 3.63) is 41.6 Å². The van der Waals surface area contributed by atoms with Crippen molar-refractivity contribution in [2.24, 2.45) is 4.99 Å². The molecule has 0 unspecified atom stereocenters. The highest BCUT2D eigenvalue weighted by atomic mass is 35.5. The molecule has 2 nitrogen and oxygen atoms in total. The van der Waals surface area contributed by atoms with Crippen molar-refractivity contribution in [1.82, 2.24) is 5.32 Å². The van der Waals surface area contributed by atoms with Crippen LogP contribution in [-0.4, -0.2) is 10.3 Å². The van der Waals surface area contributed by atoms with Crippen molar-refractivity contribution < 1.29 is 0 Å². The summed E-state index contributed by atoms with van der Waals surface area (Å²) in [5.74, 6) is 0. The first-order valence-corrected chi connectivity index (χ1v) is 4.86. The van der Waals surface area contributed by atoms with Crippen LogP contribution in [0.4, 0.5) is 0 Å². The van der Waals surface area contributed by atoms with Gasteiger partial charge < -0.3 is 5.32 Å². The predicted octanol–water partition coefficient (Wildman–Crippen LogP) is 2.55. The lowest BCUT2D eigenvalue weighted by Crippen LogP contribution is -2.12. The van der Waals surface area contributed by atoms with Crippen molar-refractivity contribution in [3.63, 3.8) is 0 Å². The Kier molecular flexibility index (Phi) is 2.61. The van der Waals surface area contributed by atoms with E-state index in [0.29, 0.717) is 10.3 Å². The molecule has 0 saturated carbocycles. The molecule has 1 aromatic rings. The van der Waals surface area contributed by atoms with Gasteiger partial charge >= 0.3 is 0 Å². The van der Waals surface area contributed by atoms with Crippen LogP contribution in [0.2, 0.25) is 0 Å². The molecule has 0 atom stereocenters. The standard InChI is InChI=1S/C10H7ClN2S/c11-9-8(12-10(14)13-9)6-7-4-2-1-3-5-7/h1-6H,(H,12,14). The first-order chi connectivity index (χ1) is 6.75. The summed E-state index contributed by atoms with van der Waals surface area (Å²) in [5.41, 5.74) is 1.82. The highest BCUT2D eigenvalue weighted by Crippen LogP contribution is 2.12. The molecule has 0 radical (unpaired) electrons. The molecular formula is C10H7ClN2S. The number of thiocarbonyl (C=S) groups is 1. The fraction of sp³-hybridized carbons (Fsp3) is 0. The Labute approximate surface area is 92.3 Å². The number of nitrogens with zero attached hydrogens (tertiary/aromatic N) is 1. The number of nitrogens with one attached hydrogen (secondary N) is 1. The number of hydrogen-bond donors (Lipinski definition) is 1. The van der Waals surface area contributed by atoms with Crippen LogP contribution in [0.5, 0.6) is 0 Å². The highest BCUT2D eigenvalue weighted by Gasteiger charge is 2.13. The first kappa shape index (κ1) is 9.37. The van der Waals surface area contributed by atoms with Crippen LogP contribution in [0.1, 0.15) is 5.56 Å². The van der Waals surface area contributed by atoms with Gasteiger partial charge in [-0.15, -0.1) is 0 Å². The van der Waals surface area contributed by atoms with Gasteiger partial charge in [-0.25, -0.2) is 4.99 Å². The lowest BCUT2D eigenvalue weighted by Gasteiger charge is -1.97. The van der Waals surface area contributed by atoms with E-state index in [2.05, 4.69) is 10.3 Å². The Morgan fingerprint density at radius 1 is 1.29 bits per heavy atom. The van der Waals surface area contributed by atoms with Crippen molar-refractivity contribution in [3.8, 4) is 0 Å². The second kappa shape index (κ2) is 3.90. The topological polar surface area (TPSA) is 24.4 Å². The van der Waals surface area contributed by atoms with E-state index in [-0.39, 0.29) is 0 Å². The third-order valence-corrected chi connectivity index (χ3v) is 2.26. The van der Waals surface area contributed by atoms with Crippen LogP contribution in [-0.2, 0) is 0 Å². The van der Waals surface area contributed by atoms with Gasteiger partial charge in [0, 0.05) is 0 Å². The molecule has 1 N–H and O–H groups in total. The molecule has 0 amide bonds. The predicted molar refractivity (Wildman–Crippen MR) is 63.4 cm³/mol. The second-order valence-electron chi connectivity index (χ2n) is 2.80. The molecule has 1 aliphatic rings. The van der Waals surface area contributed by atoms with E-state index in [1.165, 1.54) is 0 Å². The zero-order valence-electron chi connectivity index (χ0n) is 7.20. The maximum Gasteiger partial charge on any atom is 0.198 e. The monoisotopic (exact) mass is 222 g/mol. The fourth-order valence-electron chi connectivity index (χ4n) is 1.16. The minimum atomic E-state index is 0.414. The van der Waals surface area contributed by atoms with E-state index in [1.54, 1.807) is 0 Å². The molecule has 1 aliphatic heterocycles. The van der Waals surface area contributed by atoms with E-state index in [1.807, 2.05) is 36.4 Å². The maximum absolute atomic E-state index is 5.85. The average Bonchev–Trinajstić information content (AvgIpc) is 2.47. The Morgan fingerprint density at radius 2 is 2.00 bits per heavy atom. The summed E-state index contributed by atoms with van der Waals surface area (Å²) in [6.45, 7) is 0. The zero-order valence-corrected chi connectivity index (χ0v) is 8.77. The molecule has 0 aliphatic carbocycles. The Hall–Kier alpha value is -1.19. The molecule has 1 heterocycles. The van der Waals surface area contributed by atoms with Gasteiger partial charge in [0.05, 0.1) is 5.70 Å². The number of halogens is 1. The number of allylic oxidation sites excluding steroid dienone is 1. The summed E-state index contributed by atoms with van der Waals surface area (Å²) >= 11 is 10.7. The molecule has 0 saturated heterocycles. The smallest absolute Gasteiger partial charge is 0.198 e. The van der Waals surface area contributed by atoms with Crippen molar-refractivity contribution >= 4 is 40.2 Å². The molecule has 70 valence electrons. The number of benzene rings is 1. The molecular weight excluding hydrogens is 216 g/mol. The quantitative estimate of drug-likeness (QED) is 0.739. The molecule has 0 aromatic heterocycles. The van der Waals surface area contributed by atoms with Gasteiger partial charge in [0.1, 0.15) is 0 Å². The highest BCUT2D eigenvalue weighted by molar-refractivity contribution is 7.80. The van der Waals surface area contributed by atoms with Crippen LogP contribution in [0.15, 0.2) is 41.0 Å². The van der Waals surface area contributed by atoms with Crippen molar-refractivity contribution in [2.45, 2.75) is 0 Å². The van der Waals surface area contributed by atoms with Gasteiger partial charge in [0.15, 0.2) is 10.3 Å². The molecule has 0 fully saturated rings. The van der Waals surface area contributed by atoms with Gasteiger partial charge in [0.25, 0.3) is 0 Å². The summed E-state index contributed by atoms with van der Waals surface area (Å²) in [5, 5.41) is 3.74. The van der Waals surface area contributed by atoms with Gasteiger partial charge in [-0.2, -0.15) is 0 Å². The summed E-state index contributed by atoms with van der Waals surface area (Å²) in [6.07, 6.45) is 1.91. The summed E-state index contributed by atoms with van der Waals surface area (Å²) in [4.78, 5) is 3.90. The second-order valence-corrected chi connectivity index (χ2v) is 3.55. The Morgan fingerprint density at radius 3 is 2.57 bits per heavy atom. The van der Waals surface area contributed by atoms with Gasteiger partial charge in [0.2, 0.25) is 0 Å². The van der Waals surface area contributed by atoms with Gasteiger partial charge in [-0.05, 0) is 23.9 Å². The maximum atomic E-state index is 5.85. The van der Waals surface area contributed by atoms with Crippen LogP contribution in [0, 0.1) is 0 Å². The van der Waals surface area contributed by atoms with E-state index in [9.17, 15) is 0 Å². The third-order valence-electron chi connectivity index (χ3n) is 1.77. The molecule has 0 spiro atoms. The zero-order chi connectivity index (χ0) is 9.97. The lowest BCUT2D eigenvalue weighted by molar-refractivity contribution is 1.28. The number of hydrogen-bond acceptors (Lipinski definition) is 1. The van der Waals surface area contributed by atoms with Crippen molar-refractivity contribution in [2.75, 3.05) is 0 Å². The minimum Gasteiger partial charge on any atom is -0.328 e. The van der Waals surface area contributed by atoms with E-state index in [0.717, 1.165) is 11.3 Å². The van der Waals surface area contributed by atoms with Crippen LogP contribution in [0.25, 0.3) is 6.08 Å². The summed E-state index contributed by atoms with van der Waals surface area (Å²) in [6, 6.07) is 9.86. The van der Waals surface area contributed by atoms with Gasteiger partial charge in [-0.3, -0.25) is 0 Å². The minimum absolute atomic E-state index is 0.414. The van der Waals surface area contributed by atoms with Crippen LogP contribution in [0.3, 0.4) is 0 Å². The van der Waals surface area contributed by atoms with E-state index in [4.69, 9.17) is 23.8 Å². The van der Waals surface area contributed by atoms with Crippen LogP contribution < -0.4 is 5.32 Å². The normalized spacial score (nSPS) is 18.2. The fourth-order valence-corrected chi connectivity index (χ4v) is 1.59. The summed E-state index contributed by atoms with van der Waals surface area (Å²) in [7, 11) is 0. The lowest BCUT2D eigenvalue weighted by atomic mass is 10.2. The van der Waals surface area contributed by atoms with Gasteiger partial charge in [-0.1, -0.05) is 41.9 Å². The van der Waals surface area contributed by atoms with Crippen molar-refractivity contribution in [1.29, 1.82) is 0 Å². The molecule has 2 rings (SSSR count). The molecule has 14 heavy (non-hydrogen) atoms. The molecule has 1 aromatic carbocycles. The summed E-state index contributed by atoms with van der Waals surface area (Å²) < 4.78 is 0. The molecule has 0 bridgehead atoms. The third kappa shape index (κ3) is 2.00. The number of aliphatic imine (C=N–C) groups is 1. The number of rotatable bonds is 1. The van der Waals surface area contributed by atoms with E-state index >= 15 is 0 Å². The average molecular weight is 223 g/mol. The molecule has 4 heteroatoms.